The molecular weight excluding hydrogens is 558 g/mol. The Kier molecular flexibility index (Phi) is 9.72. The molecular formula is C28H25BrClN3O4. The molecule has 0 saturated heterocycles. The van der Waals surface area contributed by atoms with Gasteiger partial charge < -0.3 is 20.1 Å². The molecule has 0 atom stereocenters. The molecule has 0 spiro atoms. The van der Waals surface area contributed by atoms with Gasteiger partial charge in [0.05, 0.1) is 21.8 Å². The van der Waals surface area contributed by atoms with Gasteiger partial charge in [-0.05, 0) is 89.8 Å². The number of ether oxygens (including phenoxy) is 2. The molecule has 190 valence electrons. The first-order chi connectivity index (χ1) is 17.7. The molecule has 0 aromatic heterocycles. The van der Waals surface area contributed by atoms with E-state index in [2.05, 4.69) is 26.6 Å². The van der Waals surface area contributed by atoms with Crippen LogP contribution in [0.4, 0.5) is 11.4 Å². The number of rotatable bonds is 9. The number of nitrogens with one attached hydrogen (secondary N) is 2. The third-order valence-electron chi connectivity index (χ3n) is 5.14. The highest BCUT2D eigenvalue weighted by Gasteiger charge is 2.16. The smallest absolute Gasteiger partial charge is 0.266 e. The van der Waals surface area contributed by atoms with Crippen molar-refractivity contribution in [3.8, 4) is 17.6 Å². The van der Waals surface area contributed by atoms with Crippen LogP contribution in [0.25, 0.3) is 6.08 Å². The van der Waals surface area contributed by atoms with Crippen molar-refractivity contribution < 1.29 is 19.1 Å². The number of aryl methyl sites for hydroxylation is 2. The maximum absolute atomic E-state index is 12.7. The lowest BCUT2D eigenvalue weighted by Crippen LogP contribution is -2.21. The average molecular weight is 583 g/mol. The van der Waals surface area contributed by atoms with Crippen molar-refractivity contribution in [3.63, 3.8) is 0 Å². The zero-order chi connectivity index (χ0) is 26.9. The van der Waals surface area contributed by atoms with E-state index in [1.807, 2.05) is 45.0 Å². The summed E-state index contributed by atoms with van der Waals surface area (Å²) in [6.45, 7) is 5.76. The minimum absolute atomic E-state index is 0.129. The van der Waals surface area contributed by atoms with Crippen LogP contribution in [0.1, 0.15) is 23.6 Å². The van der Waals surface area contributed by atoms with Gasteiger partial charge in [0.2, 0.25) is 0 Å². The lowest BCUT2D eigenvalue weighted by atomic mass is 10.1. The lowest BCUT2D eigenvalue weighted by Gasteiger charge is -2.15. The third kappa shape index (κ3) is 7.59. The Morgan fingerprint density at radius 1 is 1.05 bits per heavy atom. The van der Waals surface area contributed by atoms with Crippen molar-refractivity contribution in [2.45, 2.75) is 20.8 Å². The van der Waals surface area contributed by atoms with Crippen molar-refractivity contribution >= 4 is 56.8 Å². The standard InChI is InChI=1S/C28H25BrClN3O4/c1-4-36-25-14-19(12-20(15-31)28(35)33-23-8-6-5-7-22(23)30)13-21(29)27(25)37-16-26(34)32-24-11-17(2)9-10-18(24)3/h5-14H,4,16H2,1-3H3,(H,32,34)(H,33,35)/b20-12+. The number of carbonyl (C=O) groups excluding carboxylic acids is 2. The van der Waals surface area contributed by atoms with Crippen LogP contribution in [0.3, 0.4) is 0 Å². The molecule has 0 fully saturated rings. The van der Waals surface area contributed by atoms with Crippen LogP contribution >= 0.6 is 27.5 Å². The summed E-state index contributed by atoms with van der Waals surface area (Å²) in [4.78, 5) is 25.2. The number of hydrogen-bond donors (Lipinski definition) is 2. The van der Waals surface area contributed by atoms with Gasteiger partial charge >= 0.3 is 0 Å². The van der Waals surface area contributed by atoms with Crippen LogP contribution in [0, 0.1) is 25.2 Å². The number of halogens is 2. The number of amides is 2. The molecule has 0 radical (unpaired) electrons. The van der Waals surface area contributed by atoms with E-state index in [0.29, 0.717) is 38.9 Å². The van der Waals surface area contributed by atoms with Gasteiger partial charge in [-0.2, -0.15) is 5.26 Å². The molecule has 2 amide bonds. The number of nitriles is 1. The molecule has 3 aromatic rings. The highest BCUT2D eigenvalue weighted by molar-refractivity contribution is 9.10. The number of benzene rings is 3. The van der Waals surface area contributed by atoms with Crippen LogP contribution in [0.2, 0.25) is 5.02 Å². The van der Waals surface area contributed by atoms with Gasteiger partial charge in [-0.3, -0.25) is 9.59 Å². The summed E-state index contributed by atoms with van der Waals surface area (Å²) in [7, 11) is 0. The summed E-state index contributed by atoms with van der Waals surface area (Å²) in [5.41, 5.74) is 3.48. The number of anilines is 2. The first-order valence-electron chi connectivity index (χ1n) is 11.4. The summed E-state index contributed by atoms with van der Waals surface area (Å²) in [6.07, 6.45) is 1.43. The van der Waals surface area contributed by atoms with Crippen molar-refractivity contribution in [2.75, 3.05) is 23.8 Å². The molecule has 37 heavy (non-hydrogen) atoms. The van der Waals surface area contributed by atoms with Gasteiger partial charge in [-0.1, -0.05) is 35.9 Å². The number of nitrogens with zero attached hydrogens (tertiary/aromatic N) is 1. The quantitative estimate of drug-likeness (QED) is 0.216. The molecule has 0 aliphatic rings. The molecule has 3 aromatic carbocycles. The zero-order valence-electron chi connectivity index (χ0n) is 20.5. The number of carbonyl (C=O) groups is 2. The molecule has 0 unspecified atom stereocenters. The highest BCUT2D eigenvalue weighted by Crippen LogP contribution is 2.37. The molecule has 0 aliphatic heterocycles. The fourth-order valence-corrected chi connectivity index (χ4v) is 4.09. The molecule has 7 nitrogen and oxygen atoms in total. The van der Waals surface area contributed by atoms with E-state index in [-0.39, 0.29) is 18.1 Å². The van der Waals surface area contributed by atoms with Crippen molar-refractivity contribution in [3.05, 3.63) is 86.4 Å². The fraction of sp³-hybridized carbons (Fsp3) is 0.179. The summed E-state index contributed by atoms with van der Waals surface area (Å²) in [5, 5.41) is 15.4. The minimum atomic E-state index is -0.604. The second kappa shape index (κ2) is 12.9. The van der Waals surface area contributed by atoms with Crippen LogP contribution < -0.4 is 20.1 Å². The Balaban J connectivity index is 1.79. The zero-order valence-corrected chi connectivity index (χ0v) is 22.9. The van der Waals surface area contributed by atoms with Crippen LogP contribution in [-0.2, 0) is 9.59 Å². The highest BCUT2D eigenvalue weighted by atomic mass is 79.9. The van der Waals surface area contributed by atoms with E-state index >= 15 is 0 Å². The first-order valence-corrected chi connectivity index (χ1v) is 12.5. The minimum Gasteiger partial charge on any atom is -0.490 e. The summed E-state index contributed by atoms with van der Waals surface area (Å²) < 4.78 is 12.0. The fourth-order valence-electron chi connectivity index (χ4n) is 3.34. The summed E-state index contributed by atoms with van der Waals surface area (Å²) in [5.74, 6) is -0.247. The normalized spacial score (nSPS) is 10.9. The Morgan fingerprint density at radius 3 is 2.51 bits per heavy atom. The van der Waals surface area contributed by atoms with E-state index in [1.165, 1.54) is 6.08 Å². The molecule has 9 heteroatoms. The maximum atomic E-state index is 12.7. The monoisotopic (exact) mass is 581 g/mol. The number of hydrogen-bond acceptors (Lipinski definition) is 5. The molecule has 0 bridgehead atoms. The predicted molar refractivity (Wildman–Crippen MR) is 149 cm³/mol. The largest absolute Gasteiger partial charge is 0.490 e. The van der Waals surface area contributed by atoms with Crippen molar-refractivity contribution in [1.82, 2.24) is 0 Å². The van der Waals surface area contributed by atoms with Crippen LogP contribution in [0.15, 0.2) is 64.6 Å². The first kappa shape index (κ1) is 27.8. The van der Waals surface area contributed by atoms with E-state index < -0.39 is 5.91 Å². The molecule has 0 saturated carbocycles. The second-order valence-corrected chi connectivity index (χ2v) is 9.28. The van der Waals surface area contributed by atoms with Gasteiger partial charge in [0.1, 0.15) is 11.6 Å². The summed E-state index contributed by atoms with van der Waals surface area (Å²) >= 11 is 9.55. The van der Waals surface area contributed by atoms with E-state index in [0.717, 1.165) is 16.8 Å². The van der Waals surface area contributed by atoms with Crippen LogP contribution in [-0.4, -0.2) is 25.0 Å². The van der Waals surface area contributed by atoms with Gasteiger partial charge in [-0.25, -0.2) is 0 Å². The van der Waals surface area contributed by atoms with Gasteiger partial charge in [-0.15, -0.1) is 0 Å². The van der Waals surface area contributed by atoms with Crippen molar-refractivity contribution in [2.24, 2.45) is 0 Å². The molecule has 0 heterocycles. The maximum Gasteiger partial charge on any atom is 0.266 e. The SMILES string of the molecule is CCOc1cc(/C=C(\C#N)C(=O)Nc2ccccc2Cl)cc(Br)c1OCC(=O)Nc1cc(C)ccc1C. The lowest BCUT2D eigenvalue weighted by molar-refractivity contribution is -0.118. The Bertz CT molecular complexity index is 1400. The van der Waals surface area contributed by atoms with Crippen molar-refractivity contribution in [1.29, 1.82) is 5.26 Å². The Labute approximate surface area is 229 Å². The van der Waals surface area contributed by atoms with E-state index in [1.54, 1.807) is 36.4 Å². The van der Waals surface area contributed by atoms with Gasteiger partial charge in [0, 0.05) is 5.69 Å². The molecule has 0 aliphatic carbocycles. The molecule has 3 rings (SSSR count). The Morgan fingerprint density at radius 2 is 1.81 bits per heavy atom. The Hall–Kier alpha value is -3.80. The van der Waals surface area contributed by atoms with Crippen LogP contribution in [0.5, 0.6) is 11.5 Å². The van der Waals surface area contributed by atoms with E-state index in [4.69, 9.17) is 21.1 Å². The average Bonchev–Trinajstić information content (AvgIpc) is 2.85. The number of para-hydroxylation sites is 1. The van der Waals surface area contributed by atoms with Gasteiger partial charge in [0.15, 0.2) is 18.1 Å². The second-order valence-electron chi connectivity index (χ2n) is 8.02. The predicted octanol–water partition coefficient (Wildman–Crippen LogP) is 6.68. The van der Waals surface area contributed by atoms with Gasteiger partial charge in [0.25, 0.3) is 11.8 Å². The topological polar surface area (TPSA) is 100 Å². The third-order valence-corrected chi connectivity index (χ3v) is 6.06. The molecule has 2 N–H and O–H groups in total. The summed E-state index contributed by atoms with van der Waals surface area (Å²) in [6, 6.07) is 17.8. The van der Waals surface area contributed by atoms with E-state index in [9.17, 15) is 14.9 Å².